The highest BCUT2D eigenvalue weighted by molar-refractivity contribution is 6.41. The summed E-state index contributed by atoms with van der Waals surface area (Å²) in [6, 6.07) is 9.11. The number of carboxylic acids is 1. The Morgan fingerprint density at radius 2 is 1.70 bits per heavy atom. The first-order chi connectivity index (χ1) is 18.0. The minimum atomic E-state index is -1.31. The molecule has 8 heteroatoms. The van der Waals surface area contributed by atoms with Gasteiger partial charge in [-0.25, -0.2) is 9.78 Å². The van der Waals surface area contributed by atoms with E-state index >= 15 is 0 Å². The Labute approximate surface area is 218 Å². The first-order valence-electron chi connectivity index (χ1n) is 14.2. The van der Waals surface area contributed by atoms with Gasteiger partial charge in [0, 0.05) is 24.2 Å². The number of nitrogens with zero attached hydrogens (tertiary/aromatic N) is 4. The number of oxime groups is 1. The standard InChI is InChI=1S/C29H40N4O4/c1-3-9-19-10-7-11-20(16-19)32-21-12-8-13-22(32)18-23(17-21)33-25-15-6-5-14-24(25)30-26(28(33)34)27(29(35)36)31-37-4-2/h5-6,14-15,19-23H,3-4,7-13,16-18H2,1-2H3,(H,35,36)/b31-27-/t19-,20-,21-,22+,23?/m0/s1. The van der Waals surface area contributed by atoms with Gasteiger partial charge in [-0.2, -0.15) is 0 Å². The number of hydrogen-bond donors (Lipinski definition) is 1. The molecule has 200 valence electrons. The van der Waals surface area contributed by atoms with Gasteiger partial charge in [-0.15, -0.1) is 0 Å². The van der Waals surface area contributed by atoms with Crippen LogP contribution in [0.25, 0.3) is 11.0 Å². The summed E-state index contributed by atoms with van der Waals surface area (Å²) in [4.78, 5) is 38.3. The van der Waals surface area contributed by atoms with Crippen molar-refractivity contribution >= 4 is 22.7 Å². The summed E-state index contributed by atoms with van der Waals surface area (Å²) in [5.74, 6) is -0.471. The van der Waals surface area contributed by atoms with Crippen LogP contribution in [0.3, 0.4) is 0 Å². The third kappa shape index (κ3) is 5.17. The Morgan fingerprint density at radius 1 is 1.03 bits per heavy atom. The number of carboxylic acid groups (broad SMARTS) is 1. The lowest BCUT2D eigenvalue weighted by Crippen LogP contribution is -2.58. The fraction of sp³-hybridized carbons (Fsp3) is 0.655. The SMILES string of the molecule is CCC[C@H]1CCC[C@H](N2[C@@H]3CCC[C@H]2CC(n2c(=O)c(/C(=N/OCC)C(=O)O)nc4ccccc42)C3)C1. The van der Waals surface area contributed by atoms with Crippen LogP contribution in [-0.2, 0) is 9.63 Å². The third-order valence-corrected chi connectivity index (χ3v) is 8.75. The zero-order valence-corrected chi connectivity index (χ0v) is 22.1. The summed E-state index contributed by atoms with van der Waals surface area (Å²) in [6.07, 6.45) is 13.3. The zero-order valence-electron chi connectivity index (χ0n) is 22.1. The van der Waals surface area contributed by atoms with Crippen molar-refractivity contribution in [3.8, 4) is 0 Å². The Kier molecular flexibility index (Phi) is 7.93. The maximum absolute atomic E-state index is 13.9. The molecule has 37 heavy (non-hydrogen) atoms. The molecule has 3 aliphatic rings. The van der Waals surface area contributed by atoms with E-state index in [2.05, 4.69) is 22.0 Å². The van der Waals surface area contributed by atoms with Crippen molar-refractivity contribution in [3.63, 3.8) is 0 Å². The highest BCUT2D eigenvalue weighted by atomic mass is 16.6. The van der Waals surface area contributed by atoms with Gasteiger partial charge in [0.25, 0.3) is 5.56 Å². The molecule has 1 aliphatic carbocycles. The van der Waals surface area contributed by atoms with Crippen LogP contribution in [0.4, 0.5) is 0 Å². The predicted molar refractivity (Wildman–Crippen MR) is 144 cm³/mol. The molecule has 2 aliphatic heterocycles. The molecule has 2 aromatic rings. The van der Waals surface area contributed by atoms with Crippen LogP contribution < -0.4 is 5.56 Å². The average Bonchev–Trinajstić information content (AvgIpc) is 2.88. The molecule has 0 spiro atoms. The predicted octanol–water partition coefficient (Wildman–Crippen LogP) is 5.14. The van der Waals surface area contributed by atoms with Crippen LogP contribution in [0.1, 0.15) is 96.2 Å². The molecule has 5 atom stereocenters. The molecule has 1 saturated carbocycles. The van der Waals surface area contributed by atoms with Crippen molar-refractivity contribution in [2.24, 2.45) is 11.1 Å². The Hall–Kier alpha value is -2.74. The number of aromatic nitrogens is 2. The lowest BCUT2D eigenvalue weighted by Gasteiger charge is -2.54. The number of benzene rings is 1. The van der Waals surface area contributed by atoms with Gasteiger partial charge in [0.15, 0.2) is 5.69 Å². The van der Waals surface area contributed by atoms with Crippen molar-refractivity contribution in [2.75, 3.05) is 6.61 Å². The van der Waals surface area contributed by atoms with Crippen LogP contribution in [0.5, 0.6) is 0 Å². The van der Waals surface area contributed by atoms with E-state index in [-0.39, 0.29) is 18.3 Å². The van der Waals surface area contributed by atoms with Gasteiger partial charge in [-0.1, -0.05) is 56.3 Å². The molecule has 2 bridgehead atoms. The molecular weight excluding hydrogens is 468 g/mol. The van der Waals surface area contributed by atoms with Crippen LogP contribution in [0.15, 0.2) is 34.2 Å². The molecule has 1 unspecified atom stereocenters. The zero-order chi connectivity index (χ0) is 25.9. The van der Waals surface area contributed by atoms with Crippen molar-refractivity contribution in [3.05, 3.63) is 40.3 Å². The number of aliphatic carboxylic acids is 1. The minimum Gasteiger partial charge on any atom is -0.476 e. The fourth-order valence-corrected chi connectivity index (χ4v) is 7.38. The van der Waals surface area contributed by atoms with Gasteiger partial charge in [0.1, 0.15) is 6.61 Å². The normalized spacial score (nSPS) is 28.8. The number of piperidine rings is 2. The van der Waals surface area contributed by atoms with Crippen LogP contribution >= 0.6 is 0 Å². The first-order valence-corrected chi connectivity index (χ1v) is 14.2. The maximum Gasteiger partial charge on any atom is 0.360 e. The van der Waals surface area contributed by atoms with Crippen molar-refractivity contribution in [2.45, 2.75) is 109 Å². The summed E-state index contributed by atoms with van der Waals surface area (Å²) in [5.41, 5.74) is 0.381. The largest absolute Gasteiger partial charge is 0.476 e. The van der Waals surface area contributed by atoms with E-state index < -0.39 is 17.2 Å². The average molecular weight is 509 g/mol. The highest BCUT2D eigenvalue weighted by Crippen LogP contribution is 2.44. The molecule has 5 rings (SSSR count). The fourth-order valence-electron chi connectivity index (χ4n) is 7.38. The van der Waals surface area contributed by atoms with E-state index in [0.717, 1.165) is 24.3 Å². The molecule has 1 N–H and O–H groups in total. The number of carbonyl (C=O) groups is 1. The summed E-state index contributed by atoms with van der Waals surface area (Å²) in [7, 11) is 0. The minimum absolute atomic E-state index is 0.00266. The van der Waals surface area contributed by atoms with E-state index in [4.69, 9.17) is 4.84 Å². The number of rotatable bonds is 8. The van der Waals surface area contributed by atoms with E-state index in [9.17, 15) is 14.7 Å². The van der Waals surface area contributed by atoms with Crippen LogP contribution in [0.2, 0.25) is 0 Å². The van der Waals surface area contributed by atoms with Gasteiger partial charge in [0.05, 0.1) is 11.0 Å². The van der Waals surface area contributed by atoms with Gasteiger partial charge < -0.3 is 14.5 Å². The Morgan fingerprint density at radius 3 is 2.38 bits per heavy atom. The second kappa shape index (κ2) is 11.3. The Bertz CT molecular complexity index is 1190. The summed E-state index contributed by atoms with van der Waals surface area (Å²) < 4.78 is 1.82. The molecule has 3 heterocycles. The first kappa shape index (κ1) is 25.9. The molecule has 0 radical (unpaired) electrons. The number of fused-ring (bicyclic) bond motifs is 3. The molecule has 2 saturated heterocycles. The lowest BCUT2D eigenvalue weighted by molar-refractivity contribution is -0.129. The van der Waals surface area contributed by atoms with Gasteiger partial charge >= 0.3 is 5.97 Å². The van der Waals surface area contributed by atoms with E-state index in [1.54, 1.807) is 6.92 Å². The van der Waals surface area contributed by atoms with Crippen LogP contribution in [-0.4, -0.2) is 56.0 Å². The van der Waals surface area contributed by atoms with Crippen molar-refractivity contribution < 1.29 is 14.7 Å². The Balaban J connectivity index is 1.51. The van der Waals surface area contributed by atoms with Crippen molar-refractivity contribution in [1.82, 2.24) is 14.5 Å². The number of hydrogen-bond acceptors (Lipinski definition) is 6. The second-order valence-electron chi connectivity index (χ2n) is 11.1. The monoisotopic (exact) mass is 508 g/mol. The van der Waals surface area contributed by atoms with E-state index in [1.807, 2.05) is 28.8 Å². The van der Waals surface area contributed by atoms with E-state index in [0.29, 0.717) is 23.6 Å². The number of para-hydroxylation sites is 2. The van der Waals surface area contributed by atoms with Crippen molar-refractivity contribution in [1.29, 1.82) is 0 Å². The molecule has 3 fully saturated rings. The third-order valence-electron chi connectivity index (χ3n) is 8.75. The molecule has 0 amide bonds. The quantitative estimate of drug-likeness (QED) is 0.392. The van der Waals surface area contributed by atoms with Crippen LogP contribution in [0, 0.1) is 5.92 Å². The lowest BCUT2D eigenvalue weighted by atomic mass is 9.76. The highest BCUT2D eigenvalue weighted by Gasteiger charge is 2.43. The molecule has 8 nitrogen and oxygen atoms in total. The molecule has 1 aromatic heterocycles. The second-order valence-corrected chi connectivity index (χ2v) is 11.1. The molecule has 1 aromatic carbocycles. The van der Waals surface area contributed by atoms with Gasteiger partial charge in [0.2, 0.25) is 5.71 Å². The summed E-state index contributed by atoms with van der Waals surface area (Å²) in [6.45, 7) is 4.22. The van der Waals surface area contributed by atoms with E-state index in [1.165, 1.54) is 57.8 Å². The topological polar surface area (TPSA) is 97.0 Å². The van der Waals surface area contributed by atoms with Gasteiger partial charge in [-0.3, -0.25) is 9.69 Å². The maximum atomic E-state index is 13.9. The smallest absolute Gasteiger partial charge is 0.360 e. The summed E-state index contributed by atoms with van der Waals surface area (Å²) in [5, 5.41) is 13.6. The molecular formula is C29H40N4O4. The summed E-state index contributed by atoms with van der Waals surface area (Å²) >= 11 is 0. The van der Waals surface area contributed by atoms with Gasteiger partial charge in [-0.05, 0) is 63.5 Å².